The van der Waals surface area contributed by atoms with Crippen LogP contribution in [0, 0.1) is 5.92 Å². The zero-order valence-corrected chi connectivity index (χ0v) is 9.97. The van der Waals surface area contributed by atoms with Gasteiger partial charge in [0.15, 0.2) is 5.13 Å². The monoisotopic (exact) mass is 213 g/mol. The van der Waals surface area contributed by atoms with Gasteiger partial charge in [0, 0.05) is 24.2 Å². The van der Waals surface area contributed by atoms with Crippen LogP contribution in [0.25, 0.3) is 0 Å². The van der Waals surface area contributed by atoms with Crippen LogP contribution < -0.4 is 5.73 Å². The number of anilines is 1. The summed E-state index contributed by atoms with van der Waals surface area (Å²) in [4.78, 5) is 7.60. The summed E-state index contributed by atoms with van der Waals surface area (Å²) in [6, 6.07) is 0. The highest BCUT2D eigenvalue weighted by Crippen LogP contribution is 2.16. The minimum atomic E-state index is 0.664. The van der Waals surface area contributed by atoms with E-state index < -0.39 is 0 Å². The van der Waals surface area contributed by atoms with Crippen LogP contribution in [0.1, 0.15) is 25.1 Å². The first-order valence-electron chi connectivity index (χ1n) is 5.00. The third-order valence-electron chi connectivity index (χ3n) is 2.32. The Bertz CT molecular complexity index is 272. The van der Waals surface area contributed by atoms with Gasteiger partial charge in [0.2, 0.25) is 0 Å². The van der Waals surface area contributed by atoms with E-state index in [1.165, 1.54) is 11.3 Å². The molecule has 0 saturated heterocycles. The molecule has 0 spiro atoms. The first kappa shape index (κ1) is 11.5. The Morgan fingerprint density at radius 1 is 1.64 bits per heavy atom. The van der Waals surface area contributed by atoms with Gasteiger partial charge in [0.1, 0.15) is 0 Å². The van der Waals surface area contributed by atoms with Crippen LogP contribution in [-0.4, -0.2) is 23.5 Å². The molecule has 80 valence electrons. The molecule has 3 nitrogen and oxygen atoms in total. The van der Waals surface area contributed by atoms with Gasteiger partial charge < -0.3 is 10.6 Å². The zero-order valence-electron chi connectivity index (χ0n) is 9.16. The number of hydrogen-bond donors (Lipinski definition) is 1. The molecule has 0 aromatic carbocycles. The third-order valence-corrected chi connectivity index (χ3v) is 3.13. The summed E-state index contributed by atoms with van der Waals surface area (Å²) in [5.41, 5.74) is 5.57. The lowest BCUT2D eigenvalue weighted by atomic mass is 10.1. The molecule has 0 amide bonds. The van der Waals surface area contributed by atoms with Gasteiger partial charge in [0.25, 0.3) is 0 Å². The van der Waals surface area contributed by atoms with Gasteiger partial charge in [-0.3, -0.25) is 0 Å². The van der Waals surface area contributed by atoms with Gasteiger partial charge in [-0.05, 0) is 13.0 Å². The molecule has 1 atom stereocenters. The molecule has 0 fully saturated rings. The lowest BCUT2D eigenvalue weighted by molar-refractivity contribution is 0.277. The highest BCUT2D eigenvalue weighted by atomic mass is 32.1. The maximum absolute atomic E-state index is 5.57. The van der Waals surface area contributed by atoms with Gasteiger partial charge in [-0.1, -0.05) is 20.3 Å². The average molecular weight is 213 g/mol. The van der Waals surface area contributed by atoms with Crippen molar-refractivity contribution in [1.82, 2.24) is 9.88 Å². The van der Waals surface area contributed by atoms with Gasteiger partial charge in [-0.2, -0.15) is 0 Å². The predicted molar refractivity (Wildman–Crippen MR) is 62.3 cm³/mol. The fourth-order valence-electron chi connectivity index (χ4n) is 1.39. The van der Waals surface area contributed by atoms with E-state index in [1.807, 2.05) is 6.20 Å². The van der Waals surface area contributed by atoms with Crippen molar-refractivity contribution in [3.63, 3.8) is 0 Å². The largest absolute Gasteiger partial charge is 0.375 e. The molecule has 1 aromatic rings. The van der Waals surface area contributed by atoms with Crippen molar-refractivity contribution in [2.75, 3.05) is 19.3 Å². The Hall–Kier alpha value is -0.610. The molecule has 2 N–H and O–H groups in total. The molecule has 1 aromatic heterocycles. The smallest absolute Gasteiger partial charge is 0.180 e. The van der Waals surface area contributed by atoms with E-state index >= 15 is 0 Å². The summed E-state index contributed by atoms with van der Waals surface area (Å²) in [7, 11) is 2.14. The number of hydrogen-bond acceptors (Lipinski definition) is 4. The first-order chi connectivity index (χ1) is 6.61. The molecule has 0 aliphatic heterocycles. The number of aromatic nitrogens is 1. The summed E-state index contributed by atoms with van der Waals surface area (Å²) < 4.78 is 0. The second-order valence-electron chi connectivity index (χ2n) is 3.87. The summed E-state index contributed by atoms with van der Waals surface area (Å²) in [6.45, 7) is 6.59. The average Bonchev–Trinajstić information content (AvgIpc) is 2.50. The van der Waals surface area contributed by atoms with Crippen LogP contribution in [0.4, 0.5) is 5.13 Å². The molecular formula is C10H19N3S. The van der Waals surface area contributed by atoms with Crippen LogP contribution in [0.15, 0.2) is 6.20 Å². The van der Waals surface area contributed by atoms with E-state index in [1.54, 1.807) is 11.3 Å². The summed E-state index contributed by atoms with van der Waals surface area (Å²) >= 11 is 1.58. The Labute approximate surface area is 89.9 Å². The molecule has 0 radical (unpaired) electrons. The lowest BCUT2D eigenvalue weighted by Gasteiger charge is -2.19. The third kappa shape index (κ3) is 3.64. The second-order valence-corrected chi connectivity index (χ2v) is 5.02. The zero-order chi connectivity index (χ0) is 10.6. The van der Waals surface area contributed by atoms with Crippen molar-refractivity contribution >= 4 is 16.5 Å². The second kappa shape index (κ2) is 5.32. The van der Waals surface area contributed by atoms with Gasteiger partial charge in [0.05, 0.1) is 0 Å². The highest BCUT2D eigenvalue weighted by molar-refractivity contribution is 7.15. The van der Waals surface area contributed by atoms with E-state index in [9.17, 15) is 0 Å². The van der Waals surface area contributed by atoms with Crippen LogP contribution in [-0.2, 0) is 6.54 Å². The summed E-state index contributed by atoms with van der Waals surface area (Å²) in [5, 5.41) is 0.664. The Morgan fingerprint density at radius 3 is 2.86 bits per heavy atom. The molecule has 1 rings (SSSR count). The van der Waals surface area contributed by atoms with E-state index in [-0.39, 0.29) is 0 Å². The Balaban J connectivity index is 2.37. The number of nitrogen functional groups attached to an aromatic ring is 1. The quantitative estimate of drug-likeness (QED) is 0.815. The number of nitrogens with zero attached hydrogens (tertiary/aromatic N) is 2. The van der Waals surface area contributed by atoms with Crippen molar-refractivity contribution in [2.24, 2.45) is 5.92 Å². The molecular weight excluding hydrogens is 194 g/mol. The van der Waals surface area contributed by atoms with Crippen molar-refractivity contribution in [2.45, 2.75) is 26.8 Å². The number of nitrogens with two attached hydrogens (primary N) is 1. The number of rotatable bonds is 5. The molecule has 4 heteroatoms. The first-order valence-corrected chi connectivity index (χ1v) is 5.82. The van der Waals surface area contributed by atoms with Crippen molar-refractivity contribution in [1.29, 1.82) is 0 Å². The Morgan fingerprint density at radius 2 is 2.36 bits per heavy atom. The molecule has 0 saturated carbocycles. The van der Waals surface area contributed by atoms with Crippen LogP contribution >= 0.6 is 11.3 Å². The highest BCUT2D eigenvalue weighted by Gasteiger charge is 2.06. The van der Waals surface area contributed by atoms with Crippen molar-refractivity contribution in [3.8, 4) is 0 Å². The molecule has 0 aliphatic rings. The van der Waals surface area contributed by atoms with Crippen molar-refractivity contribution in [3.05, 3.63) is 11.1 Å². The maximum atomic E-state index is 5.57. The van der Waals surface area contributed by atoms with E-state index in [4.69, 9.17) is 5.73 Å². The minimum absolute atomic E-state index is 0.664. The van der Waals surface area contributed by atoms with E-state index in [2.05, 4.69) is 30.8 Å². The van der Waals surface area contributed by atoms with Crippen LogP contribution in [0.2, 0.25) is 0 Å². The van der Waals surface area contributed by atoms with Crippen LogP contribution in [0.3, 0.4) is 0 Å². The lowest BCUT2D eigenvalue weighted by Crippen LogP contribution is -2.23. The summed E-state index contributed by atoms with van der Waals surface area (Å²) in [5.74, 6) is 0.755. The van der Waals surface area contributed by atoms with Gasteiger partial charge in [-0.25, -0.2) is 4.98 Å². The Kier molecular flexibility index (Phi) is 4.35. The molecule has 0 bridgehead atoms. The SMILES string of the molecule is CCC(C)CN(C)Cc1cnc(N)s1. The maximum Gasteiger partial charge on any atom is 0.180 e. The molecule has 0 aliphatic carbocycles. The predicted octanol–water partition coefficient (Wildman–Crippen LogP) is 2.20. The van der Waals surface area contributed by atoms with E-state index in [0.29, 0.717) is 5.13 Å². The van der Waals surface area contributed by atoms with Gasteiger partial charge in [-0.15, -0.1) is 11.3 Å². The van der Waals surface area contributed by atoms with Crippen LogP contribution in [0.5, 0.6) is 0 Å². The fraction of sp³-hybridized carbons (Fsp3) is 0.700. The summed E-state index contributed by atoms with van der Waals surface area (Å²) in [6.07, 6.45) is 3.10. The normalized spacial score (nSPS) is 13.4. The molecule has 1 heterocycles. The van der Waals surface area contributed by atoms with E-state index in [0.717, 1.165) is 19.0 Å². The number of thiazole rings is 1. The van der Waals surface area contributed by atoms with Gasteiger partial charge >= 0.3 is 0 Å². The van der Waals surface area contributed by atoms with Crippen molar-refractivity contribution < 1.29 is 0 Å². The minimum Gasteiger partial charge on any atom is -0.375 e. The molecule has 1 unspecified atom stereocenters. The standard InChI is InChI=1S/C10H19N3S/c1-4-8(2)6-13(3)7-9-5-12-10(11)14-9/h5,8H,4,6-7H2,1-3H3,(H2,11,12). The fourth-order valence-corrected chi connectivity index (χ4v) is 2.15. The topological polar surface area (TPSA) is 42.2 Å². The molecule has 14 heavy (non-hydrogen) atoms.